The zero-order chi connectivity index (χ0) is 17.3. The molecule has 6 nitrogen and oxygen atoms in total. The van der Waals surface area contributed by atoms with Gasteiger partial charge >= 0.3 is 5.97 Å². The monoisotopic (exact) mass is 348 g/mol. The highest BCUT2D eigenvalue weighted by Crippen LogP contribution is 2.35. The molecule has 1 fully saturated rings. The average Bonchev–Trinajstić information content (AvgIpc) is 2.99. The molecular formula is C17H20N2O4S. The summed E-state index contributed by atoms with van der Waals surface area (Å²) >= 11 is 4.96. The molecule has 1 N–H and O–H groups in total. The number of ether oxygens (including phenoxy) is 1. The number of fused-ring (bicyclic) bond motifs is 1. The third kappa shape index (κ3) is 2.73. The highest BCUT2D eigenvalue weighted by molar-refractivity contribution is 7.71. The minimum Gasteiger partial charge on any atom is -0.467 e. The molecule has 1 aliphatic rings. The Morgan fingerprint density at radius 2 is 2.00 bits per heavy atom. The second-order valence-electron chi connectivity index (χ2n) is 6.17. The van der Waals surface area contributed by atoms with Gasteiger partial charge in [0.1, 0.15) is 5.54 Å². The number of hydrogen-bond donors (Lipinski definition) is 1. The van der Waals surface area contributed by atoms with Gasteiger partial charge in [-0.15, -0.1) is 0 Å². The summed E-state index contributed by atoms with van der Waals surface area (Å²) in [6.07, 6.45) is 4.11. The van der Waals surface area contributed by atoms with Gasteiger partial charge in [-0.3, -0.25) is 4.79 Å². The van der Waals surface area contributed by atoms with Crippen LogP contribution < -0.4 is 0 Å². The highest BCUT2D eigenvalue weighted by atomic mass is 32.1. The van der Waals surface area contributed by atoms with E-state index in [-0.39, 0.29) is 16.7 Å². The molecule has 1 heterocycles. The normalized spacial score (nSPS) is 16.8. The number of amides is 1. The molecule has 1 aromatic carbocycles. The van der Waals surface area contributed by atoms with Gasteiger partial charge in [0, 0.05) is 12.6 Å². The van der Waals surface area contributed by atoms with Crippen LogP contribution in [0.15, 0.2) is 22.6 Å². The van der Waals surface area contributed by atoms with E-state index in [1.54, 1.807) is 25.2 Å². The Hall–Kier alpha value is -2.15. The van der Waals surface area contributed by atoms with Crippen LogP contribution in [-0.2, 0) is 9.53 Å². The Kier molecular flexibility index (Phi) is 4.45. The van der Waals surface area contributed by atoms with Crippen molar-refractivity contribution < 1.29 is 18.7 Å². The van der Waals surface area contributed by atoms with E-state index in [9.17, 15) is 9.59 Å². The van der Waals surface area contributed by atoms with Crippen LogP contribution in [0, 0.1) is 4.84 Å². The van der Waals surface area contributed by atoms with Crippen LogP contribution in [0.2, 0.25) is 0 Å². The fourth-order valence-corrected chi connectivity index (χ4v) is 3.67. The molecule has 0 aliphatic heterocycles. The number of oxazole rings is 1. The van der Waals surface area contributed by atoms with Crippen molar-refractivity contribution in [1.82, 2.24) is 9.88 Å². The maximum absolute atomic E-state index is 13.0. The Morgan fingerprint density at radius 3 is 2.67 bits per heavy atom. The maximum atomic E-state index is 13.0. The molecule has 0 unspecified atom stereocenters. The molecule has 0 spiro atoms. The number of carbonyl (C=O) groups excluding carboxylic acids is 2. The fraction of sp³-hybridized carbons (Fsp3) is 0.471. The topological polar surface area (TPSA) is 75.5 Å². The maximum Gasteiger partial charge on any atom is 0.331 e. The number of rotatable bonds is 3. The summed E-state index contributed by atoms with van der Waals surface area (Å²) in [7, 11) is 3.04. The van der Waals surface area contributed by atoms with Crippen LogP contribution >= 0.6 is 12.2 Å². The number of methoxy groups -OCH3 is 1. The van der Waals surface area contributed by atoms with Crippen LogP contribution in [0.25, 0.3) is 11.1 Å². The van der Waals surface area contributed by atoms with Gasteiger partial charge in [-0.1, -0.05) is 19.3 Å². The number of esters is 1. The largest absolute Gasteiger partial charge is 0.467 e. The highest BCUT2D eigenvalue weighted by Gasteiger charge is 2.46. The van der Waals surface area contributed by atoms with E-state index in [0.29, 0.717) is 24.0 Å². The first-order chi connectivity index (χ1) is 11.5. The van der Waals surface area contributed by atoms with Crippen molar-refractivity contribution in [2.75, 3.05) is 14.2 Å². The van der Waals surface area contributed by atoms with Crippen molar-refractivity contribution in [1.29, 1.82) is 0 Å². The number of carbonyl (C=O) groups is 2. The van der Waals surface area contributed by atoms with E-state index < -0.39 is 5.54 Å². The van der Waals surface area contributed by atoms with Gasteiger partial charge in [0.25, 0.3) is 10.7 Å². The smallest absolute Gasteiger partial charge is 0.331 e. The Bertz CT molecular complexity index is 832. The second-order valence-corrected chi connectivity index (χ2v) is 6.54. The molecule has 1 aromatic heterocycles. The van der Waals surface area contributed by atoms with E-state index in [0.717, 1.165) is 24.8 Å². The molecule has 1 saturated carbocycles. The Balaban J connectivity index is 1.96. The van der Waals surface area contributed by atoms with E-state index in [1.165, 1.54) is 12.0 Å². The lowest BCUT2D eigenvalue weighted by atomic mass is 9.80. The van der Waals surface area contributed by atoms with Gasteiger partial charge in [-0.05, 0) is 43.3 Å². The number of hydrogen-bond acceptors (Lipinski definition) is 5. The van der Waals surface area contributed by atoms with Crippen LogP contribution in [-0.4, -0.2) is 41.5 Å². The summed E-state index contributed by atoms with van der Waals surface area (Å²) in [6.45, 7) is 0. The van der Waals surface area contributed by atoms with Gasteiger partial charge in [0.2, 0.25) is 0 Å². The van der Waals surface area contributed by atoms with Crippen LogP contribution in [0.4, 0.5) is 0 Å². The van der Waals surface area contributed by atoms with Gasteiger partial charge < -0.3 is 19.0 Å². The fourth-order valence-electron chi connectivity index (χ4n) is 3.47. The summed E-state index contributed by atoms with van der Waals surface area (Å²) in [6, 6.07) is 5.10. The van der Waals surface area contributed by atoms with Crippen LogP contribution in [0.3, 0.4) is 0 Å². The third-order valence-electron chi connectivity index (χ3n) is 4.86. The van der Waals surface area contributed by atoms with Gasteiger partial charge in [0.15, 0.2) is 5.58 Å². The molecule has 0 radical (unpaired) electrons. The van der Waals surface area contributed by atoms with Crippen LogP contribution in [0.5, 0.6) is 0 Å². The predicted octanol–water partition coefficient (Wildman–Crippen LogP) is 3.44. The first-order valence-electron chi connectivity index (χ1n) is 7.97. The van der Waals surface area contributed by atoms with Gasteiger partial charge in [0.05, 0.1) is 12.6 Å². The van der Waals surface area contributed by atoms with Crippen LogP contribution in [0.1, 0.15) is 42.5 Å². The number of likely N-dealkylation sites (N-methyl/N-ethyl adjacent to an activating group) is 1. The van der Waals surface area contributed by atoms with E-state index >= 15 is 0 Å². The molecule has 0 saturated heterocycles. The summed E-state index contributed by atoms with van der Waals surface area (Å²) in [5.41, 5.74) is 0.823. The van der Waals surface area contributed by atoms with Crippen molar-refractivity contribution in [3.8, 4) is 0 Å². The first kappa shape index (κ1) is 16.7. The van der Waals surface area contributed by atoms with Crippen molar-refractivity contribution in [3.05, 3.63) is 28.6 Å². The second kappa shape index (κ2) is 6.39. The lowest BCUT2D eigenvalue weighted by Crippen LogP contribution is -2.56. The summed E-state index contributed by atoms with van der Waals surface area (Å²) in [5.74, 6) is -0.579. The number of aromatic amines is 1. The molecule has 1 amide bonds. The van der Waals surface area contributed by atoms with E-state index in [2.05, 4.69) is 4.98 Å². The molecule has 0 atom stereocenters. The van der Waals surface area contributed by atoms with E-state index in [1.807, 2.05) is 0 Å². The third-order valence-corrected chi connectivity index (χ3v) is 5.05. The molecule has 128 valence electrons. The lowest BCUT2D eigenvalue weighted by Gasteiger charge is -2.41. The number of nitrogens with one attached hydrogen (secondary N) is 1. The van der Waals surface area contributed by atoms with Gasteiger partial charge in [-0.2, -0.15) is 0 Å². The number of H-pyrrole nitrogens is 1. The summed E-state index contributed by atoms with van der Waals surface area (Å²) < 4.78 is 10.4. The summed E-state index contributed by atoms with van der Waals surface area (Å²) in [5, 5.41) is 0. The number of aromatic nitrogens is 1. The standard InChI is InChI=1S/C17H20N2O4S/c1-19(17(15(21)22-2)8-4-3-5-9-17)14(20)11-6-7-12-13(10-11)23-16(24)18-12/h6-7,10H,3-5,8-9H2,1-2H3,(H,18,24). The molecule has 3 rings (SSSR count). The molecule has 7 heteroatoms. The molecule has 2 aromatic rings. The average molecular weight is 348 g/mol. The van der Waals surface area contributed by atoms with Crippen molar-refractivity contribution in [3.63, 3.8) is 0 Å². The SMILES string of the molecule is COC(=O)C1(N(C)C(=O)c2ccc3[nH]c(=S)oc3c2)CCCCC1. The molecule has 24 heavy (non-hydrogen) atoms. The predicted molar refractivity (Wildman–Crippen MR) is 91.3 cm³/mol. The molecular weight excluding hydrogens is 328 g/mol. The Labute approximate surface area is 144 Å². The van der Waals surface area contributed by atoms with Crippen molar-refractivity contribution in [2.24, 2.45) is 0 Å². The minimum atomic E-state index is -0.891. The molecule has 0 bridgehead atoms. The van der Waals surface area contributed by atoms with Gasteiger partial charge in [-0.25, -0.2) is 4.79 Å². The zero-order valence-corrected chi connectivity index (χ0v) is 14.6. The first-order valence-corrected chi connectivity index (χ1v) is 8.38. The van der Waals surface area contributed by atoms with Crippen molar-refractivity contribution in [2.45, 2.75) is 37.6 Å². The molecule has 1 aliphatic carbocycles. The van der Waals surface area contributed by atoms with E-state index in [4.69, 9.17) is 21.4 Å². The van der Waals surface area contributed by atoms with Crippen molar-refractivity contribution >= 4 is 35.2 Å². The quantitative estimate of drug-likeness (QED) is 0.679. The lowest BCUT2D eigenvalue weighted by molar-refractivity contribution is -0.155. The number of nitrogens with zero attached hydrogens (tertiary/aromatic N) is 1. The summed E-state index contributed by atoms with van der Waals surface area (Å²) in [4.78, 5) is 30.1. The number of benzene rings is 1. The minimum absolute atomic E-state index is 0.230. The Morgan fingerprint density at radius 1 is 1.29 bits per heavy atom. The zero-order valence-electron chi connectivity index (χ0n) is 13.8.